The van der Waals surface area contributed by atoms with Crippen LogP contribution in [-0.2, 0) is 11.3 Å². The summed E-state index contributed by atoms with van der Waals surface area (Å²) in [7, 11) is 3.18. The van der Waals surface area contributed by atoms with E-state index in [-0.39, 0.29) is 24.5 Å². The molecule has 2 atom stereocenters. The van der Waals surface area contributed by atoms with Gasteiger partial charge in [0, 0.05) is 31.1 Å². The van der Waals surface area contributed by atoms with E-state index in [2.05, 4.69) is 5.32 Å². The van der Waals surface area contributed by atoms with Gasteiger partial charge in [-0.3, -0.25) is 9.59 Å². The summed E-state index contributed by atoms with van der Waals surface area (Å²) in [6.45, 7) is 1.24. The Hall–Kier alpha value is -4.20. The molecule has 1 N–H and O–H groups in total. The number of methoxy groups -OCH3 is 2. The van der Waals surface area contributed by atoms with Crippen molar-refractivity contribution in [1.29, 1.82) is 0 Å². The Labute approximate surface area is 209 Å². The molecule has 8 heteroatoms. The average molecular weight is 489 g/mol. The number of nitrogens with zero attached hydrogens (tertiary/aromatic N) is 1. The van der Waals surface area contributed by atoms with Gasteiger partial charge in [-0.15, -0.1) is 0 Å². The zero-order chi connectivity index (χ0) is 25.1. The molecule has 1 saturated heterocycles. The summed E-state index contributed by atoms with van der Waals surface area (Å²) in [5.41, 5.74) is 2.34. The van der Waals surface area contributed by atoms with Gasteiger partial charge < -0.3 is 29.2 Å². The predicted molar refractivity (Wildman–Crippen MR) is 133 cm³/mol. The van der Waals surface area contributed by atoms with E-state index < -0.39 is 5.92 Å². The molecule has 0 unspecified atom stereocenters. The first-order valence-electron chi connectivity index (χ1n) is 11.8. The molecular weight excluding hydrogens is 460 g/mol. The minimum absolute atomic E-state index is 0.121. The maximum Gasteiger partial charge on any atom is 0.254 e. The van der Waals surface area contributed by atoms with Gasteiger partial charge in [0.25, 0.3) is 5.91 Å². The van der Waals surface area contributed by atoms with Crippen LogP contribution in [0, 0.1) is 5.92 Å². The highest BCUT2D eigenvalue weighted by molar-refractivity contribution is 5.95. The maximum atomic E-state index is 13.5. The largest absolute Gasteiger partial charge is 0.497 e. The number of benzene rings is 3. The van der Waals surface area contributed by atoms with Crippen molar-refractivity contribution >= 4 is 11.8 Å². The molecule has 3 aromatic rings. The molecule has 2 heterocycles. The van der Waals surface area contributed by atoms with Gasteiger partial charge in [0.15, 0.2) is 11.5 Å². The third kappa shape index (κ3) is 4.66. The smallest absolute Gasteiger partial charge is 0.254 e. The van der Waals surface area contributed by atoms with Crippen LogP contribution in [-0.4, -0.2) is 50.8 Å². The Morgan fingerprint density at radius 3 is 2.61 bits per heavy atom. The summed E-state index contributed by atoms with van der Waals surface area (Å²) in [6, 6.07) is 20.3. The van der Waals surface area contributed by atoms with E-state index in [4.69, 9.17) is 18.9 Å². The Morgan fingerprint density at radius 1 is 0.944 bits per heavy atom. The van der Waals surface area contributed by atoms with Crippen molar-refractivity contribution in [2.24, 2.45) is 5.92 Å². The maximum absolute atomic E-state index is 13.5. The molecule has 1 fully saturated rings. The monoisotopic (exact) mass is 488 g/mol. The van der Waals surface area contributed by atoms with Crippen molar-refractivity contribution in [2.75, 3.05) is 34.1 Å². The van der Waals surface area contributed by atoms with E-state index in [1.807, 2.05) is 42.5 Å². The zero-order valence-electron chi connectivity index (χ0n) is 20.2. The normalized spacial score (nSPS) is 18.1. The van der Waals surface area contributed by atoms with Crippen molar-refractivity contribution < 1.29 is 28.5 Å². The second kappa shape index (κ2) is 10.2. The number of carbonyl (C=O) groups is 2. The minimum atomic E-state index is -0.440. The number of rotatable bonds is 7. The first-order valence-corrected chi connectivity index (χ1v) is 11.8. The van der Waals surface area contributed by atoms with Crippen LogP contribution in [0.5, 0.6) is 23.0 Å². The summed E-state index contributed by atoms with van der Waals surface area (Å²) in [5, 5.41) is 3.05. The molecule has 2 aliphatic rings. The minimum Gasteiger partial charge on any atom is -0.497 e. The highest BCUT2D eigenvalue weighted by Gasteiger charge is 2.41. The first-order chi connectivity index (χ1) is 17.6. The lowest BCUT2D eigenvalue weighted by atomic mass is 9.87. The predicted octanol–water partition coefficient (Wildman–Crippen LogP) is 3.60. The van der Waals surface area contributed by atoms with E-state index in [0.717, 1.165) is 11.1 Å². The number of fused-ring (bicyclic) bond motifs is 1. The van der Waals surface area contributed by atoms with Crippen LogP contribution in [0.2, 0.25) is 0 Å². The van der Waals surface area contributed by atoms with Crippen LogP contribution < -0.4 is 24.3 Å². The van der Waals surface area contributed by atoms with Crippen molar-refractivity contribution in [3.05, 3.63) is 83.4 Å². The van der Waals surface area contributed by atoms with Crippen molar-refractivity contribution in [2.45, 2.75) is 12.5 Å². The third-order valence-corrected chi connectivity index (χ3v) is 6.70. The molecule has 0 aromatic heterocycles. The third-order valence-electron chi connectivity index (χ3n) is 6.70. The Kier molecular flexibility index (Phi) is 6.66. The number of para-hydroxylation sites is 1. The lowest BCUT2D eigenvalue weighted by Gasteiger charge is -2.20. The zero-order valence-corrected chi connectivity index (χ0v) is 20.2. The van der Waals surface area contributed by atoms with Crippen LogP contribution in [0.15, 0.2) is 66.7 Å². The van der Waals surface area contributed by atoms with Gasteiger partial charge in [-0.2, -0.15) is 0 Å². The number of amides is 2. The van der Waals surface area contributed by atoms with Gasteiger partial charge in [0.1, 0.15) is 11.5 Å². The quantitative estimate of drug-likeness (QED) is 0.547. The number of likely N-dealkylation sites (tertiary alicyclic amines) is 1. The van der Waals surface area contributed by atoms with E-state index in [1.54, 1.807) is 43.4 Å². The second-order valence-electron chi connectivity index (χ2n) is 8.80. The van der Waals surface area contributed by atoms with Gasteiger partial charge in [0.05, 0.1) is 20.1 Å². The molecule has 3 aromatic carbocycles. The highest BCUT2D eigenvalue weighted by Crippen LogP contribution is 2.38. The number of ether oxygens (including phenoxy) is 4. The molecule has 0 radical (unpaired) electrons. The molecule has 0 bridgehead atoms. The van der Waals surface area contributed by atoms with Gasteiger partial charge in [-0.25, -0.2) is 0 Å². The van der Waals surface area contributed by atoms with Gasteiger partial charge >= 0.3 is 0 Å². The second-order valence-corrected chi connectivity index (χ2v) is 8.80. The fourth-order valence-electron chi connectivity index (χ4n) is 4.83. The summed E-state index contributed by atoms with van der Waals surface area (Å²) in [5.74, 6) is 1.76. The summed E-state index contributed by atoms with van der Waals surface area (Å²) in [6.07, 6.45) is 0. The van der Waals surface area contributed by atoms with E-state index in [9.17, 15) is 9.59 Å². The Morgan fingerprint density at radius 2 is 1.78 bits per heavy atom. The molecular formula is C28H28N2O6. The highest BCUT2D eigenvalue weighted by atomic mass is 16.7. The molecule has 2 amide bonds. The lowest BCUT2D eigenvalue weighted by Crippen LogP contribution is -2.35. The topological polar surface area (TPSA) is 86.3 Å². The lowest BCUT2D eigenvalue weighted by molar-refractivity contribution is -0.125. The van der Waals surface area contributed by atoms with Crippen LogP contribution >= 0.6 is 0 Å². The van der Waals surface area contributed by atoms with Crippen LogP contribution in [0.3, 0.4) is 0 Å². The number of carbonyl (C=O) groups excluding carboxylic acids is 2. The van der Waals surface area contributed by atoms with Gasteiger partial charge in [-0.1, -0.05) is 30.3 Å². The SMILES string of the molecule is COc1cccc(C(=O)N2C[C@H](C(=O)NCc3ccc4c(c3)OCO4)[C@H](c3ccccc3OC)C2)c1. The van der Waals surface area contributed by atoms with E-state index in [1.165, 1.54) is 0 Å². The molecule has 2 aliphatic heterocycles. The molecule has 0 saturated carbocycles. The fraction of sp³-hybridized carbons (Fsp3) is 0.286. The molecule has 5 rings (SSSR count). The summed E-state index contributed by atoms with van der Waals surface area (Å²) < 4.78 is 21.7. The van der Waals surface area contributed by atoms with Gasteiger partial charge in [-0.05, 0) is 47.5 Å². The first kappa shape index (κ1) is 23.5. The average Bonchev–Trinajstić information content (AvgIpc) is 3.58. The molecule has 8 nitrogen and oxygen atoms in total. The van der Waals surface area contributed by atoms with Crippen molar-refractivity contribution in [3.63, 3.8) is 0 Å². The fourth-order valence-corrected chi connectivity index (χ4v) is 4.83. The number of nitrogens with one attached hydrogen (secondary N) is 1. The van der Waals surface area contributed by atoms with Crippen molar-refractivity contribution in [3.8, 4) is 23.0 Å². The van der Waals surface area contributed by atoms with Crippen LogP contribution in [0.25, 0.3) is 0 Å². The summed E-state index contributed by atoms with van der Waals surface area (Å²) >= 11 is 0. The standard InChI is InChI=1S/C28H28N2O6/c1-33-20-7-5-6-19(13-20)28(32)30-15-22(21-8-3-4-9-24(21)34-2)23(16-30)27(31)29-14-18-10-11-25-26(12-18)36-17-35-25/h3-13,22-23H,14-17H2,1-2H3,(H,29,31)/t22-,23-/m0/s1. The van der Waals surface area contributed by atoms with Crippen LogP contribution in [0.4, 0.5) is 0 Å². The van der Waals surface area contributed by atoms with Gasteiger partial charge in [0.2, 0.25) is 12.7 Å². The molecule has 36 heavy (non-hydrogen) atoms. The van der Waals surface area contributed by atoms with E-state index in [0.29, 0.717) is 48.2 Å². The number of hydrogen-bond acceptors (Lipinski definition) is 6. The van der Waals surface area contributed by atoms with Crippen molar-refractivity contribution in [1.82, 2.24) is 10.2 Å². The van der Waals surface area contributed by atoms with Crippen LogP contribution in [0.1, 0.15) is 27.4 Å². The molecule has 0 aliphatic carbocycles. The Bertz CT molecular complexity index is 1280. The molecule has 186 valence electrons. The Balaban J connectivity index is 1.37. The molecule has 0 spiro atoms. The number of hydrogen-bond donors (Lipinski definition) is 1. The van der Waals surface area contributed by atoms with E-state index >= 15 is 0 Å². The summed E-state index contributed by atoms with van der Waals surface area (Å²) in [4.78, 5) is 28.6.